The average Bonchev–Trinajstić information content (AvgIpc) is 2.62. The van der Waals surface area contributed by atoms with Gasteiger partial charge in [-0.15, -0.1) is 0 Å². The lowest BCUT2D eigenvalue weighted by Crippen LogP contribution is -2.47. The summed E-state index contributed by atoms with van der Waals surface area (Å²) < 4.78 is 28.0. The molecule has 0 aliphatic heterocycles. The van der Waals surface area contributed by atoms with Crippen LogP contribution in [0.25, 0.3) is 0 Å². The zero-order valence-electron chi connectivity index (χ0n) is 14.4. The molecule has 1 unspecified atom stereocenters. The molecule has 0 saturated heterocycles. The molecule has 7 heteroatoms. The fourth-order valence-corrected chi connectivity index (χ4v) is 2.79. The topological polar surface area (TPSA) is 49.4 Å². The monoisotopic (exact) mass is 380 g/mol. The third kappa shape index (κ3) is 4.58. The highest BCUT2D eigenvalue weighted by Gasteiger charge is 2.27. The molecule has 0 aliphatic rings. The van der Waals surface area contributed by atoms with Crippen molar-refractivity contribution >= 4 is 23.4 Å². The summed E-state index contributed by atoms with van der Waals surface area (Å²) in [6.45, 7) is 1.41. The Kier molecular flexibility index (Phi) is 6.69. The Labute approximate surface area is 155 Å². The number of nitrogens with one attached hydrogen (secondary N) is 1. The van der Waals surface area contributed by atoms with Crippen LogP contribution in [0, 0.1) is 11.6 Å². The first-order valence-electron chi connectivity index (χ1n) is 8.02. The molecular weight excluding hydrogens is 362 g/mol. The van der Waals surface area contributed by atoms with E-state index >= 15 is 0 Å². The van der Waals surface area contributed by atoms with Crippen molar-refractivity contribution in [3.05, 3.63) is 70.2 Å². The molecule has 2 aromatic carbocycles. The van der Waals surface area contributed by atoms with E-state index in [0.717, 1.165) is 0 Å². The fourth-order valence-electron chi connectivity index (χ4n) is 2.56. The SMILES string of the molecule is CNC(=O)C(C)N(Cc1ccccc1F)C(=O)Cc1c(F)cccc1Cl. The van der Waals surface area contributed by atoms with Gasteiger partial charge in [0.15, 0.2) is 0 Å². The van der Waals surface area contributed by atoms with Gasteiger partial charge in [0.1, 0.15) is 17.7 Å². The van der Waals surface area contributed by atoms with Gasteiger partial charge in [0.2, 0.25) is 11.8 Å². The van der Waals surface area contributed by atoms with E-state index in [4.69, 9.17) is 11.6 Å². The van der Waals surface area contributed by atoms with Gasteiger partial charge in [0.25, 0.3) is 0 Å². The highest BCUT2D eigenvalue weighted by molar-refractivity contribution is 6.31. The van der Waals surface area contributed by atoms with Crippen LogP contribution in [-0.2, 0) is 22.6 Å². The summed E-state index contributed by atoms with van der Waals surface area (Å²) in [5.41, 5.74) is 0.304. The first kappa shape index (κ1) is 19.8. The van der Waals surface area contributed by atoms with Crippen molar-refractivity contribution in [2.45, 2.75) is 25.9 Å². The number of carbonyl (C=O) groups excluding carboxylic acids is 2. The third-order valence-electron chi connectivity index (χ3n) is 4.10. The van der Waals surface area contributed by atoms with Crippen molar-refractivity contribution in [3.63, 3.8) is 0 Å². The second kappa shape index (κ2) is 8.76. The number of likely N-dealkylation sites (N-methyl/N-ethyl adjacent to an activating group) is 1. The second-order valence-electron chi connectivity index (χ2n) is 5.78. The zero-order chi connectivity index (χ0) is 19.3. The number of carbonyl (C=O) groups is 2. The Balaban J connectivity index is 2.32. The maximum absolute atomic E-state index is 14.0. The summed E-state index contributed by atoms with van der Waals surface area (Å²) in [5.74, 6) is -2.03. The van der Waals surface area contributed by atoms with Crippen LogP contribution in [0.15, 0.2) is 42.5 Å². The maximum Gasteiger partial charge on any atom is 0.242 e. The lowest BCUT2D eigenvalue weighted by molar-refractivity contribution is -0.140. The van der Waals surface area contributed by atoms with E-state index in [1.54, 1.807) is 6.07 Å². The van der Waals surface area contributed by atoms with Crippen LogP contribution in [0.2, 0.25) is 5.02 Å². The highest BCUT2D eigenvalue weighted by Crippen LogP contribution is 2.21. The Hall–Kier alpha value is -2.47. The number of amides is 2. The van der Waals surface area contributed by atoms with Crippen LogP contribution in [-0.4, -0.2) is 29.8 Å². The Morgan fingerprint density at radius 1 is 1.12 bits per heavy atom. The quantitative estimate of drug-likeness (QED) is 0.835. The molecule has 0 aromatic heterocycles. The van der Waals surface area contributed by atoms with Gasteiger partial charge in [0.05, 0.1) is 6.42 Å². The molecule has 0 aliphatic carbocycles. The molecule has 26 heavy (non-hydrogen) atoms. The minimum atomic E-state index is -0.863. The van der Waals surface area contributed by atoms with Crippen LogP contribution in [0.3, 0.4) is 0 Å². The molecule has 0 bridgehead atoms. The van der Waals surface area contributed by atoms with E-state index in [9.17, 15) is 18.4 Å². The summed E-state index contributed by atoms with van der Waals surface area (Å²) >= 11 is 5.98. The van der Waals surface area contributed by atoms with Crippen molar-refractivity contribution in [1.29, 1.82) is 0 Å². The van der Waals surface area contributed by atoms with Gasteiger partial charge in [0, 0.05) is 29.7 Å². The van der Waals surface area contributed by atoms with E-state index in [1.807, 2.05) is 0 Å². The Morgan fingerprint density at radius 3 is 2.38 bits per heavy atom. The van der Waals surface area contributed by atoms with E-state index in [-0.39, 0.29) is 29.1 Å². The lowest BCUT2D eigenvalue weighted by Gasteiger charge is -2.28. The molecule has 1 N–H and O–H groups in total. The van der Waals surface area contributed by atoms with Gasteiger partial charge in [-0.25, -0.2) is 8.78 Å². The van der Waals surface area contributed by atoms with Crippen molar-refractivity contribution in [3.8, 4) is 0 Å². The number of hydrogen-bond acceptors (Lipinski definition) is 2. The smallest absolute Gasteiger partial charge is 0.242 e. The van der Waals surface area contributed by atoms with E-state index in [2.05, 4.69) is 5.32 Å². The first-order chi connectivity index (χ1) is 12.3. The van der Waals surface area contributed by atoms with Crippen molar-refractivity contribution in [1.82, 2.24) is 10.2 Å². The fraction of sp³-hybridized carbons (Fsp3) is 0.263. The summed E-state index contributed by atoms with van der Waals surface area (Å²) in [7, 11) is 1.44. The number of hydrogen-bond donors (Lipinski definition) is 1. The summed E-state index contributed by atoms with van der Waals surface area (Å²) in [6, 6.07) is 9.24. The van der Waals surface area contributed by atoms with E-state index < -0.39 is 29.5 Å². The molecule has 1 atom stereocenters. The summed E-state index contributed by atoms with van der Waals surface area (Å²) in [4.78, 5) is 26.0. The minimum Gasteiger partial charge on any atom is -0.357 e. The summed E-state index contributed by atoms with van der Waals surface area (Å²) in [6.07, 6.45) is -0.332. The molecule has 2 rings (SSSR count). The lowest BCUT2D eigenvalue weighted by atomic mass is 10.1. The van der Waals surface area contributed by atoms with Gasteiger partial charge >= 0.3 is 0 Å². The van der Waals surface area contributed by atoms with Crippen LogP contribution >= 0.6 is 11.6 Å². The van der Waals surface area contributed by atoms with E-state index in [1.165, 1.54) is 55.3 Å². The zero-order valence-corrected chi connectivity index (χ0v) is 15.2. The molecule has 0 spiro atoms. The standard InChI is InChI=1S/C19H19ClF2N2O2/c1-12(19(26)23-2)24(11-13-6-3-4-8-16(13)21)18(25)10-14-15(20)7-5-9-17(14)22/h3-9,12H,10-11H2,1-2H3,(H,23,26). The molecule has 2 amide bonds. The molecule has 0 fully saturated rings. The molecule has 0 saturated carbocycles. The van der Waals surface area contributed by atoms with Crippen molar-refractivity contribution in [2.24, 2.45) is 0 Å². The number of nitrogens with zero attached hydrogens (tertiary/aromatic N) is 1. The van der Waals surface area contributed by atoms with Crippen molar-refractivity contribution in [2.75, 3.05) is 7.05 Å². The second-order valence-corrected chi connectivity index (χ2v) is 6.19. The van der Waals surface area contributed by atoms with Gasteiger partial charge in [-0.1, -0.05) is 35.9 Å². The van der Waals surface area contributed by atoms with E-state index in [0.29, 0.717) is 0 Å². The predicted octanol–water partition coefficient (Wildman–Crippen LogP) is 3.32. The number of benzene rings is 2. The minimum absolute atomic E-state index is 0.0433. The largest absolute Gasteiger partial charge is 0.357 e. The molecule has 138 valence electrons. The van der Waals surface area contributed by atoms with Crippen LogP contribution < -0.4 is 5.32 Å². The first-order valence-corrected chi connectivity index (χ1v) is 8.40. The third-order valence-corrected chi connectivity index (χ3v) is 4.46. The Bertz CT molecular complexity index is 794. The average molecular weight is 381 g/mol. The van der Waals surface area contributed by atoms with Gasteiger partial charge < -0.3 is 10.2 Å². The van der Waals surface area contributed by atoms with Crippen LogP contribution in [0.1, 0.15) is 18.1 Å². The normalized spacial score (nSPS) is 11.7. The highest BCUT2D eigenvalue weighted by atomic mass is 35.5. The number of halogens is 3. The van der Waals surface area contributed by atoms with Gasteiger partial charge in [-0.05, 0) is 25.1 Å². The molecular formula is C19H19ClF2N2O2. The summed E-state index contributed by atoms with van der Waals surface area (Å²) in [5, 5.41) is 2.58. The molecule has 0 heterocycles. The molecule has 2 aromatic rings. The van der Waals surface area contributed by atoms with Gasteiger partial charge in [-0.3, -0.25) is 9.59 Å². The number of rotatable bonds is 6. The van der Waals surface area contributed by atoms with Crippen LogP contribution in [0.4, 0.5) is 8.78 Å². The molecule has 0 radical (unpaired) electrons. The maximum atomic E-state index is 14.0. The van der Waals surface area contributed by atoms with Crippen molar-refractivity contribution < 1.29 is 18.4 Å². The predicted molar refractivity (Wildman–Crippen MR) is 95.6 cm³/mol. The van der Waals surface area contributed by atoms with Crippen LogP contribution in [0.5, 0.6) is 0 Å². The Morgan fingerprint density at radius 2 is 1.77 bits per heavy atom. The van der Waals surface area contributed by atoms with Gasteiger partial charge in [-0.2, -0.15) is 0 Å². The molecule has 4 nitrogen and oxygen atoms in total.